The highest BCUT2D eigenvalue weighted by atomic mass is 19.1. The van der Waals surface area contributed by atoms with Crippen molar-refractivity contribution >= 4 is 23.6 Å². The molecule has 0 saturated carbocycles. The zero-order valence-electron chi connectivity index (χ0n) is 19.2. The second-order valence-corrected chi connectivity index (χ2v) is 8.00. The molecule has 7 nitrogen and oxygen atoms in total. The van der Waals surface area contributed by atoms with Gasteiger partial charge in [-0.1, -0.05) is 6.92 Å². The van der Waals surface area contributed by atoms with Crippen LogP contribution in [0.1, 0.15) is 32.6 Å². The Labute approximate surface area is 194 Å². The van der Waals surface area contributed by atoms with Crippen LogP contribution in [0.4, 0.5) is 15.9 Å². The summed E-state index contributed by atoms with van der Waals surface area (Å²) in [6.45, 7) is 6.13. The molecule has 0 aliphatic carbocycles. The van der Waals surface area contributed by atoms with Crippen LogP contribution in [0, 0.1) is 11.7 Å². The van der Waals surface area contributed by atoms with Crippen molar-refractivity contribution in [3.63, 3.8) is 0 Å². The van der Waals surface area contributed by atoms with Gasteiger partial charge in [-0.05, 0) is 68.0 Å². The van der Waals surface area contributed by atoms with Gasteiger partial charge < -0.3 is 20.1 Å². The molecule has 0 bridgehead atoms. The average molecular weight is 457 g/mol. The number of carbonyl (C=O) groups is 1. The molecular formula is C25H33FN4O3. The van der Waals surface area contributed by atoms with Gasteiger partial charge in [0.25, 0.3) is 0 Å². The van der Waals surface area contributed by atoms with Crippen LogP contribution in [0.3, 0.4) is 0 Å². The number of anilines is 1. The first-order valence-electron chi connectivity index (χ1n) is 11.6. The van der Waals surface area contributed by atoms with Crippen molar-refractivity contribution in [3.8, 4) is 11.3 Å². The van der Waals surface area contributed by atoms with Crippen molar-refractivity contribution in [2.24, 2.45) is 10.9 Å². The molecular weight excluding hydrogens is 423 g/mol. The number of hydrogen-bond acceptors (Lipinski definition) is 6. The topological polar surface area (TPSA) is 84.8 Å². The average Bonchev–Trinajstić information content (AvgIpc) is 2.85. The highest BCUT2D eigenvalue weighted by Crippen LogP contribution is 2.28. The number of aliphatic imine (C=N–C) groups is 1. The van der Waals surface area contributed by atoms with Gasteiger partial charge >= 0.3 is 0 Å². The third-order valence-corrected chi connectivity index (χ3v) is 5.45. The van der Waals surface area contributed by atoms with Gasteiger partial charge in [0.2, 0.25) is 0 Å². The summed E-state index contributed by atoms with van der Waals surface area (Å²) in [6.07, 6.45) is 4.76. The largest absolute Gasteiger partial charge is 0.381 e. The molecule has 0 unspecified atom stereocenters. The van der Waals surface area contributed by atoms with Crippen LogP contribution < -0.4 is 10.6 Å². The second-order valence-electron chi connectivity index (χ2n) is 8.00. The van der Waals surface area contributed by atoms with E-state index in [4.69, 9.17) is 9.47 Å². The number of pyridine rings is 1. The van der Waals surface area contributed by atoms with Gasteiger partial charge in [-0.2, -0.15) is 0 Å². The Balaban J connectivity index is 1.72. The minimum absolute atomic E-state index is 0.267. The predicted molar refractivity (Wildman–Crippen MR) is 129 cm³/mol. The second kappa shape index (κ2) is 13.6. The van der Waals surface area contributed by atoms with Gasteiger partial charge in [-0.3, -0.25) is 4.79 Å². The number of nitrogens with one attached hydrogen (secondary N) is 2. The molecule has 0 radical (unpaired) electrons. The van der Waals surface area contributed by atoms with E-state index in [2.05, 4.69) is 27.5 Å². The Bertz CT molecular complexity index is 899. The molecule has 1 aliphatic heterocycles. The summed E-state index contributed by atoms with van der Waals surface area (Å²) in [4.78, 5) is 20.8. The summed E-state index contributed by atoms with van der Waals surface area (Å²) in [5, 5.41) is 6.40. The van der Waals surface area contributed by atoms with Crippen molar-refractivity contribution in [2.75, 3.05) is 44.8 Å². The lowest BCUT2D eigenvalue weighted by atomic mass is 9.97. The third kappa shape index (κ3) is 8.22. The zero-order valence-corrected chi connectivity index (χ0v) is 19.2. The fourth-order valence-electron chi connectivity index (χ4n) is 3.62. The van der Waals surface area contributed by atoms with Crippen LogP contribution in [-0.4, -0.2) is 56.6 Å². The van der Waals surface area contributed by atoms with E-state index in [0.29, 0.717) is 49.4 Å². The van der Waals surface area contributed by atoms with E-state index >= 15 is 0 Å². The number of benzene rings is 1. The molecule has 0 spiro atoms. The first kappa shape index (κ1) is 24.8. The molecule has 33 heavy (non-hydrogen) atoms. The molecule has 1 saturated heterocycles. The highest BCUT2D eigenvalue weighted by molar-refractivity contribution is 6.27. The minimum atomic E-state index is -0.297. The van der Waals surface area contributed by atoms with Crippen LogP contribution in [-0.2, 0) is 14.3 Å². The van der Waals surface area contributed by atoms with Gasteiger partial charge in [0.15, 0.2) is 17.9 Å². The van der Waals surface area contributed by atoms with Crippen LogP contribution in [0.25, 0.3) is 11.3 Å². The SMILES string of the molecule is CCCOCCNc1nc(-c2ccc(F)cc2)ccc1/N=C(\C=O)NCCC1CCOCC1. The van der Waals surface area contributed by atoms with E-state index in [0.717, 1.165) is 50.7 Å². The Hall–Kier alpha value is -2.84. The number of amidine groups is 1. The summed E-state index contributed by atoms with van der Waals surface area (Å²) < 4.78 is 24.2. The fraction of sp³-hybridized carbons (Fsp3) is 0.480. The van der Waals surface area contributed by atoms with Crippen LogP contribution >= 0.6 is 0 Å². The van der Waals surface area contributed by atoms with Crippen molar-refractivity contribution in [1.29, 1.82) is 0 Å². The number of halogens is 1. The Morgan fingerprint density at radius 3 is 2.70 bits per heavy atom. The smallest absolute Gasteiger partial charge is 0.185 e. The molecule has 1 aromatic carbocycles. The van der Waals surface area contributed by atoms with E-state index in [1.807, 2.05) is 12.1 Å². The number of aromatic nitrogens is 1. The lowest BCUT2D eigenvalue weighted by Crippen LogP contribution is -2.28. The monoisotopic (exact) mass is 456 g/mol. The maximum absolute atomic E-state index is 13.3. The first-order chi connectivity index (χ1) is 16.2. The lowest BCUT2D eigenvalue weighted by molar-refractivity contribution is -0.102. The van der Waals surface area contributed by atoms with Gasteiger partial charge in [-0.25, -0.2) is 14.4 Å². The number of nitrogens with zero attached hydrogens (tertiary/aromatic N) is 2. The Kier molecular flexibility index (Phi) is 10.3. The van der Waals surface area contributed by atoms with Crippen molar-refractivity contribution < 1.29 is 18.7 Å². The third-order valence-electron chi connectivity index (χ3n) is 5.45. The number of carbonyl (C=O) groups excluding carboxylic acids is 1. The normalized spacial score (nSPS) is 14.8. The lowest BCUT2D eigenvalue weighted by Gasteiger charge is -2.21. The van der Waals surface area contributed by atoms with Crippen molar-refractivity contribution in [1.82, 2.24) is 10.3 Å². The number of hydrogen-bond donors (Lipinski definition) is 2. The van der Waals surface area contributed by atoms with E-state index in [1.165, 1.54) is 12.1 Å². The molecule has 1 aromatic heterocycles. The van der Waals surface area contributed by atoms with Gasteiger partial charge in [0.05, 0.1) is 12.3 Å². The molecule has 2 heterocycles. The van der Waals surface area contributed by atoms with Crippen molar-refractivity contribution in [3.05, 3.63) is 42.2 Å². The van der Waals surface area contributed by atoms with Crippen LogP contribution in [0.15, 0.2) is 41.4 Å². The van der Waals surface area contributed by atoms with Gasteiger partial charge in [0, 0.05) is 38.5 Å². The molecule has 8 heteroatoms. The number of aldehydes is 1. The van der Waals surface area contributed by atoms with Gasteiger partial charge in [0.1, 0.15) is 11.5 Å². The summed E-state index contributed by atoms with van der Waals surface area (Å²) in [5.41, 5.74) is 2.03. The Morgan fingerprint density at radius 1 is 1.18 bits per heavy atom. The quantitative estimate of drug-likeness (QED) is 0.214. The minimum Gasteiger partial charge on any atom is -0.381 e. The first-order valence-corrected chi connectivity index (χ1v) is 11.6. The zero-order chi connectivity index (χ0) is 23.3. The van der Waals surface area contributed by atoms with Crippen LogP contribution in [0.2, 0.25) is 0 Å². The molecule has 3 rings (SSSR count). The predicted octanol–water partition coefficient (Wildman–Crippen LogP) is 4.36. The summed E-state index contributed by atoms with van der Waals surface area (Å²) in [5.74, 6) is 1.12. The van der Waals surface area contributed by atoms with E-state index in [-0.39, 0.29) is 11.7 Å². The molecule has 0 atom stereocenters. The molecule has 1 aliphatic rings. The number of rotatable bonds is 12. The summed E-state index contributed by atoms with van der Waals surface area (Å²) in [7, 11) is 0. The summed E-state index contributed by atoms with van der Waals surface area (Å²) >= 11 is 0. The molecule has 2 aromatic rings. The highest BCUT2D eigenvalue weighted by Gasteiger charge is 2.14. The molecule has 178 valence electrons. The summed E-state index contributed by atoms with van der Waals surface area (Å²) in [6, 6.07) is 9.80. The molecule has 2 N–H and O–H groups in total. The Morgan fingerprint density at radius 2 is 1.97 bits per heavy atom. The van der Waals surface area contributed by atoms with E-state index in [1.54, 1.807) is 12.1 Å². The van der Waals surface area contributed by atoms with Crippen LogP contribution in [0.5, 0.6) is 0 Å². The van der Waals surface area contributed by atoms with Gasteiger partial charge in [-0.15, -0.1) is 0 Å². The van der Waals surface area contributed by atoms with E-state index < -0.39 is 0 Å². The number of ether oxygens (including phenoxy) is 2. The molecule has 0 amide bonds. The standard InChI is InChI=1S/C25H33FN4O3/c1-2-14-32-17-13-28-25-23(8-7-22(30-25)20-3-5-21(26)6-4-20)29-24(18-31)27-12-9-19-10-15-33-16-11-19/h3-8,18-19H,2,9-17H2,1H3,(H,27,29)(H,28,30). The van der Waals surface area contributed by atoms with Crippen molar-refractivity contribution in [2.45, 2.75) is 32.6 Å². The maximum atomic E-state index is 13.3. The van der Waals surface area contributed by atoms with E-state index in [9.17, 15) is 9.18 Å². The maximum Gasteiger partial charge on any atom is 0.185 e. The fourth-order valence-corrected chi connectivity index (χ4v) is 3.62. The molecule has 1 fully saturated rings.